The van der Waals surface area contributed by atoms with Crippen molar-refractivity contribution in [3.8, 4) is 0 Å². The van der Waals surface area contributed by atoms with Crippen molar-refractivity contribution < 1.29 is 23.1 Å². The summed E-state index contributed by atoms with van der Waals surface area (Å²) < 4.78 is 36.9. The van der Waals surface area contributed by atoms with E-state index in [4.69, 9.17) is 5.11 Å². The number of carbonyl (C=O) groups excluding carboxylic acids is 1. The van der Waals surface area contributed by atoms with Crippen molar-refractivity contribution in [2.45, 2.75) is 19.0 Å². The summed E-state index contributed by atoms with van der Waals surface area (Å²) in [5.74, 6) is -0.346. The number of hydrogen-bond donors (Lipinski definition) is 1. The summed E-state index contributed by atoms with van der Waals surface area (Å²) in [6.07, 6.45) is -0.382. The molecule has 0 amide bonds. The summed E-state index contributed by atoms with van der Waals surface area (Å²) >= 11 is 0. The SMILES string of the molecule is O=C(/C=C/CCCO)c1ccc(C(F)(F)F)cc1. The van der Waals surface area contributed by atoms with Gasteiger partial charge in [-0.05, 0) is 31.1 Å². The molecule has 0 spiro atoms. The molecule has 1 aromatic rings. The monoisotopic (exact) mass is 258 g/mol. The highest BCUT2D eigenvalue weighted by Crippen LogP contribution is 2.29. The Bertz CT molecular complexity index is 419. The summed E-state index contributed by atoms with van der Waals surface area (Å²) in [7, 11) is 0. The Balaban J connectivity index is 2.68. The van der Waals surface area contributed by atoms with Crippen LogP contribution in [0.1, 0.15) is 28.8 Å². The van der Waals surface area contributed by atoms with Crippen LogP contribution >= 0.6 is 0 Å². The normalized spacial score (nSPS) is 12.0. The van der Waals surface area contributed by atoms with Gasteiger partial charge >= 0.3 is 6.18 Å². The quantitative estimate of drug-likeness (QED) is 0.500. The summed E-state index contributed by atoms with van der Waals surface area (Å²) in [5, 5.41) is 8.53. The van der Waals surface area contributed by atoms with Crippen LogP contribution in [0.2, 0.25) is 0 Å². The molecule has 0 atom stereocenters. The molecular formula is C13H13F3O2. The molecule has 98 valence electrons. The number of allylic oxidation sites excluding steroid dienone is 2. The minimum atomic E-state index is -4.39. The fourth-order valence-corrected chi connectivity index (χ4v) is 1.32. The van der Waals surface area contributed by atoms with Gasteiger partial charge in [0, 0.05) is 12.2 Å². The van der Waals surface area contributed by atoms with E-state index in [2.05, 4.69) is 0 Å². The number of benzene rings is 1. The molecule has 0 aliphatic carbocycles. The molecule has 18 heavy (non-hydrogen) atoms. The van der Waals surface area contributed by atoms with Gasteiger partial charge in [-0.3, -0.25) is 4.79 Å². The maximum Gasteiger partial charge on any atom is 0.416 e. The van der Waals surface area contributed by atoms with E-state index in [1.165, 1.54) is 6.08 Å². The molecule has 2 nitrogen and oxygen atoms in total. The minimum Gasteiger partial charge on any atom is -0.396 e. The van der Waals surface area contributed by atoms with Crippen molar-refractivity contribution in [1.82, 2.24) is 0 Å². The van der Waals surface area contributed by atoms with Gasteiger partial charge in [-0.1, -0.05) is 18.2 Å². The Kier molecular flexibility index (Phi) is 5.09. The van der Waals surface area contributed by atoms with Crippen LogP contribution in [0.5, 0.6) is 0 Å². The molecule has 0 heterocycles. The number of rotatable bonds is 5. The number of halogens is 3. The molecule has 0 aliphatic heterocycles. The second-order valence-electron chi connectivity index (χ2n) is 3.71. The van der Waals surface area contributed by atoms with Gasteiger partial charge in [0.1, 0.15) is 0 Å². The number of hydrogen-bond acceptors (Lipinski definition) is 2. The fourth-order valence-electron chi connectivity index (χ4n) is 1.32. The van der Waals surface area contributed by atoms with Gasteiger partial charge in [-0.25, -0.2) is 0 Å². The first kappa shape index (κ1) is 14.4. The molecule has 5 heteroatoms. The van der Waals surface area contributed by atoms with Gasteiger partial charge < -0.3 is 5.11 Å². The maximum absolute atomic E-state index is 12.3. The van der Waals surface area contributed by atoms with Crippen LogP contribution in [0.25, 0.3) is 0 Å². The zero-order valence-electron chi connectivity index (χ0n) is 9.57. The predicted molar refractivity (Wildman–Crippen MR) is 61.2 cm³/mol. The van der Waals surface area contributed by atoms with E-state index in [1.54, 1.807) is 6.08 Å². The van der Waals surface area contributed by atoms with Gasteiger partial charge in [0.2, 0.25) is 0 Å². The van der Waals surface area contributed by atoms with E-state index in [0.29, 0.717) is 12.8 Å². The number of carbonyl (C=O) groups is 1. The van der Waals surface area contributed by atoms with Gasteiger partial charge in [0.05, 0.1) is 5.56 Å². The lowest BCUT2D eigenvalue weighted by Crippen LogP contribution is -2.05. The average Bonchev–Trinajstić information content (AvgIpc) is 2.33. The third-order valence-corrected chi connectivity index (χ3v) is 2.29. The first-order chi connectivity index (χ1) is 8.45. The number of aliphatic hydroxyl groups excluding tert-OH is 1. The summed E-state index contributed by atoms with van der Waals surface area (Å²) in [6.45, 7) is 0.0405. The van der Waals surface area contributed by atoms with Crippen molar-refractivity contribution in [2.75, 3.05) is 6.61 Å². The molecule has 0 bridgehead atoms. The van der Waals surface area contributed by atoms with Gasteiger partial charge in [0.25, 0.3) is 0 Å². The maximum atomic E-state index is 12.3. The van der Waals surface area contributed by atoms with Gasteiger partial charge in [0.15, 0.2) is 5.78 Å². The minimum absolute atomic E-state index is 0.0405. The Morgan fingerprint density at radius 2 is 1.83 bits per heavy atom. The largest absolute Gasteiger partial charge is 0.416 e. The first-order valence-electron chi connectivity index (χ1n) is 5.44. The Hall–Kier alpha value is -1.62. The molecule has 0 fully saturated rings. The van der Waals surface area contributed by atoms with Crippen molar-refractivity contribution in [3.05, 3.63) is 47.5 Å². The van der Waals surface area contributed by atoms with Crippen LogP contribution in [0.15, 0.2) is 36.4 Å². The van der Waals surface area contributed by atoms with E-state index >= 15 is 0 Å². The molecule has 0 saturated heterocycles. The lowest BCUT2D eigenvalue weighted by molar-refractivity contribution is -0.137. The van der Waals surface area contributed by atoms with E-state index < -0.39 is 11.7 Å². The standard InChI is InChI=1S/C13H13F3O2/c14-13(15,16)11-7-5-10(6-8-11)12(18)4-2-1-3-9-17/h2,4-8,17H,1,3,9H2/b4-2+. The smallest absolute Gasteiger partial charge is 0.396 e. The number of ketones is 1. The van der Waals surface area contributed by atoms with Crippen LogP contribution in [0, 0.1) is 0 Å². The molecule has 1 aromatic carbocycles. The van der Waals surface area contributed by atoms with Crippen LogP contribution < -0.4 is 0 Å². The lowest BCUT2D eigenvalue weighted by atomic mass is 10.1. The Morgan fingerprint density at radius 1 is 1.22 bits per heavy atom. The highest BCUT2D eigenvalue weighted by molar-refractivity contribution is 6.04. The van der Waals surface area contributed by atoms with Crippen molar-refractivity contribution in [1.29, 1.82) is 0 Å². The summed E-state index contributed by atoms with van der Waals surface area (Å²) in [5.41, 5.74) is -0.563. The topological polar surface area (TPSA) is 37.3 Å². The summed E-state index contributed by atoms with van der Waals surface area (Å²) in [6, 6.07) is 4.08. The van der Waals surface area contributed by atoms with Crippen molar-refractivity contribution in [2.24, 2.45) is 0 Å². The zero-order chi connectivity index (χ0) is 13.6. The second kappa shape index (κ2) is 6.35. The number of unbranched alkanes of at least 4 members (excludes halogenated alkanes) is 1. The molecule has 0 radical (unpaired) electrons. The van der Waals surface area contributed by atoms with Crippen LogP contribution in [0.3, 0.4) is 0 Å². The number of alkyl halides is 3. The Labute approximate surface area is 103 Å². The van der Waals surface area contributed by atoms with Crippen LogP contribution in [-0.4, -0.2) is 17.5 Å². The van der Waals surface area contributed by atoms with E-state index in [0.717, 1.165) is 24.3 Å². The fraction of sp³-hybridized carbons (Fsp3) is 0.308. The molecule has 0 aliphatic rings. The lowest BCUT2D eigenvalue weighted by Gasteiger charge is -2.06. The third-order valence-electron chi connectivity index (χ3n) is 2.29. The summed E-state index contributed by atoms with van der Waals surface area (Å²) in [4.78, 5) is 11.5. The van der Waals surface area contributed by atoms with Crippen LogP contribution in [0.4, 0.5) is 13.2 Å². The van der Waals surface area contributed by atoms with E-state index in [1.807, 2.05) is 0 Å². The van der Waals surface area contributed by atoms with E-state index in [9.17, 15) is 18.0 Å². The average molecular weight is 258 g/mol. The molecule has 0 aromatic heterocycles. The molecule has 1 rings (SSSR count). The highest BCUT2D eigenvalue weighted by atomic mass is 19.4. The Morgan fingerprint density at radius 3 is 2.33 bits per heavy atom. The van der Waals surface area contributed by atoms with Crippen molar-refractivity contribution in [3.63, 3.8) is 0 Å². The second-order valence-corrected chi connectivity index (χ2v) is 3.71. The molecular weight excluding hydrogens is 245 g/mol. The molecule has 0 unspecified atom stereocenters. The predicted octanol–water partition coefficient (Wildman–Crippen LogP) is 3.22. The molecule has 1 N–H and O–H groups in total. The van der Waals surface area contributed by atoms with Gasteiger partial charge in [-0.15, -0.1) is 0 Å². The molecule has 0 saturated carbocycles. The first-order valence-corrected chi connectivity index (χ1v) is 5.44. The third kappa shape index (κ3) is 4.33. The van der Waals surface area contributed by atoms with Gasteiger partial charge in [-0.2, -0.15) is 13.2 Å². The highest BCUT2D eigenvalue weighted by Gasteiger charge is 2.30. The number of aliphatic hydroxyl groups is 1. The van der Waals surface area contributed by atoms with Crippen LogP contribution in [-0.2, 0) is 6.18 Å². The zero-order valence-corrected chi connectivity index (χ0v) is 9.57. The van der Waals surface area contributed by atoms with Crippen molar-refractivity contribution >= 4 is 5.78 Å². The van der Waals surface area contributed by atoms with E-state index in [-0.39, 0.29) is 18.0 Å².